The summed E-state index contributed by atoms with van der Waals surface area (Å²) in [7, 11) is -3.03. The normalized spacial score (nSPS) is 19.5. The van der Waals surface area contributed by atoms with Gasteiger partial charge in [-0.15, -0.1) is 0 Å². The Balaban J connectivity index is 1.99. The standard InChI is InChI=1S/C18H19N3O4S/c1-11-17(8-14(9-19)18(22)16-4-6-25-13(16)3)12(2)21(20-11)15-5-7-26(23,24)10-15/h4,6,8,15H,5,7,10H2,1-3H3/b14-8+/t15-/m0/s1. The van der Waals surface area contributed by atoms with Gasteiger partial charge >= 0.3 is 0 Å². The van der Waals surface area contributed by atoms with Gasteiger partial charge in [0.2, 0.25) is 5.78 Å². The van der Waals surface area contributed by atoms with Crippen molar-refractivity contribution in [3.63, 3.8) is 0 Å². The Morgan fingerprint density at radius 3 is 2.69 bits per heavy atom. The van der Waals surface area contributed by atoms with E-state index in [-0.39, 0.29) is 23.1 Å². The number of hydrogen-bond donors (Lipinski definition) is 0. The molecule has 0 aromatic carbocycles. The lowest BCUT2D eigenvalue weighted by Crippen LogP contribution is -2.14. The summed E-state index contributed by atoms with van der Waals surface area (Å²) in [6, 6.07) is 3.28. The van der Waals surface area contributed by atoms with E-state index < -0.39 is 15.6 Å². The van der Waals surface area contributed by atoms with Gasteiger partial charge in [-0.05, 0) is 39.3 Å². The smallest absolute Gasteiger partial charge is 0.207 e. The minimum atomic E-state index is -3.03. The molecule has 0 unspecified atom stereocenters. The van der Waals surface area contributed by atoms with Crippen LogP contribution in [0.4, 0.5) is 0 Å². The van der Waals surface area contributed by atoms with Crippen LogP contribution < -0.4 is 0 Å². The molecule has 1 aliphatic heterocycles. The van der Waals surface area contributed by atoms with Crippen LogP contribution in [0.2, 0.25) is 0 Å². The van der Waals surface area contributed by atoms with Crippen molar-refractivity contribution in [3.8, 4) is 6.07 Å². The average Bonchev–Trinajstić information content (AvgIpc) is 3.24. The molecule has 8 heteroatoms. The van der Waals surface area contributed by atoms with Gasteiger partial charge in [0.15, 0.2) is 9.84 Å². The average molecular weight is 373 g/mol. The van der Waals surface area contributed by atoms with Gasteiger partial charge in [0.05, 0.1) is 35.1 Å². The zero-order chi connectivity index (χ0) is 19.1. The molecule has 0 bridgehead atoms. The summed E-state index contributed by atoms with van der Waals surface area (Å²) in [6.07, 6.45) is 3.45. The molecule has 2 aromatic heterocycles. The maximum atomic E-state index is 12.6. The predicted molar refractivity (Wildman–Crippen MR) is 95.4 cm³/mol. The van der Waals surface area contributed by atoms with Gasteiger partial charge in [0, 0.05) is 11.3 Å². The quantitative estimate of drug-likeness (QED) is 0.463. The molecule has 0 N–H and O–H groups in total. The van der Waals surface area contributed by atoms with Gasteiger partial charge in [-0.25, -0.2) is 8.42 Å². The van der Waals surface area contributed by atoms with E-state index in [4.69, 9.17) is 4.42 Å². The van der Waals surface area contributed by atoms with Gasteiger partial charge < -0.3 is 4.42 Å². The first kappa shape index (κ1) is 18.1. The molecule has 0 radical (unpaired) electrons. The highest BCUT2D eigenvalue weighted by Crippen LogP contribution is 2.28. The number of carbonyl (C=O) groups excluding carboxylic acids is 1. The first-order valence-corrected chi connectivity index (χ1v) is 10.0. The first-order valence-electron chi connectivity index (χ1n) is 8.20. The van der Waals surface area contributed by atoms with Crippen LogP contribution >= 0.6 is 0 Å². The van der Waals surface area contributed by atoms with E-state index in [1.54, 1.807) is 18.5 Å². The molecular weight excluding hydrogens is 354 g/mol. The number of furan rings is 1. The summed E-state index contributed by atoms with van der Waals surface area (Å²) in [5, 5.41) is 13.9. The predicted octanol–water partition coefficient (Wildman–Crippen LogP) is 2.55. The van der Waals surface area contributed by atoms with E-state index in [9.17, 15) is 18.5 Å². The van der Waals surface area contributed by atoms with E-state index in [2.05, 4.69) is 5.10 Å². The molecule has 3 heterocycles. The molecule has 1 saturated heterocycles. The molecule has 136 valence electrons. The van der Waals surface area contributed by atoms with Crippen molar-refractivity contribution >= 4 is 21.7 Å². The molecule has 1 aliphatic rings. The fourth-order valence-electron chi connectivity index (χ4n) is 3.27. The van der Waals surface area contributed by atoms with Crippen molar-refractivity contribution < 1.29 is 17.6 Å². The van der Waals surface area contributed by atoms with Gasteiger partial charge in [0.1, 0.15) is 17.4 Å². The molecule has 7 nitrogen and oxygen atoms in total. The Morgan fingerprint density at radius 1 is 1.42 bits per heavy atom. The van der Waals surface area contributed by atoms with E-state index >= 15 is 0 Å². The van der Waals surface area contributed by atoms with Crippen LogP contribution in [0, 0.1) is 32.1 Å². The number of hydrogen-bond acceptors (Lipinski definition) is 6. The highest BCUT2D eigenvalue weighted by molar-refractivity contribution is 7.91. The topological polar surface area (TPSA) is 106 Å². The van der Waals surface area contributed by atoms with Gasteiger partial charge in [-0.3, -0.25) is 9.48 Å². The zero-order valence-corrected chi connectivity index (χ0v) is 15.6. The Kier molecular flexibility index (Phi) is 4.59. The van der Waals surface area contributed by atoms with Gasteiger partial charge in [0.25, 0.3) is 0 Å². The molecule has 0 amide bonds. The van der Waals surface area contributed by atoms with Crippen molar-refractivity contribution in [2.24, 2.45) is 0 Å². The lowest BCUT2D eigenvalue weighted by Gasteiger charge is -2.11. The number of carbonyl (C=O) groups is 1. The number of aromatic nitrogens is 2. The summed E-state index contributed by atoms with van der Waals surface area (Å²) in [5.41, 5.74) is 2.40. The number of nitriles is 1. The summed E-state index contributed by atoms with van der Waals surface area (Å²) in [6.45, 7) is 5.26. The van der Waals surface area contributed by atoms with Crippen molar-refractivity contribution in [3.05, 3.63) is 46.2 Å². The maximum absolute atomic E-state index is 12.6. The van der Waals surface area contributed by atoms with Crippen LogP contribution in [0.3, 0.4) is 0 Å². The molecule has 2 aromatic rings. The lowest BCUT2D eigenvalue weighted by molar-refractivity contribution is 0.103. The largest absolute Gasteiger partial charge is 0.469 e. The zero-order valence-electron chi connectivity index (χ0n) is 14.8. The Bertz CT molecular complexity index is 1050. The van der Waals surface area contributed by atoms with E-state index in [1.807, 2.05) is 13.0 Å². The Morgan fingerprint density at radius 2 is 2.15 bits per heavy atom. The number of sulfone groups is 1. The fourth-order valence-corrected chi connectivity index (χ4v) is 4.96. The van der Waals surface area contributed by atoms with E-state index in [0.29, 0.717) is 29.0 Å². The van der Waals surface area contributed by atoms with Crippen LogP contribution in [0.15, 0.2) is 22.3 Å². The number of Topliss-reactive ketones (excluding diaryl/α,β-unsaturated/α-hetero) is 1. The Labute approximate surface area is 151 Å². The molecular formula is C18H19N3O4S. The number of ketones is 1. The first-order chi connectivity index (χ1) is 12.2. The summed E-state index contributed by atoms with van der Waals surface area (Å²) in [4.78, 5) is 12.6. The summed E-state index contributed by atoms with van der Waals surface area (Å²) < 4.78 is 30.3. The van der Waals surface area contributed by atoms with Crippen molar-refractivity contribution in [1.29, 1.82) is 5.26 Å². The third kappa shape index (κ3) is 3.22. The molecule has 26 heavy (non-hydrogen) atoms. The molecule has 0 saturated carbocycles. The maximum Gasteiger partial charge on any atom is 0.207 e. The molecule has 1 fully saturated rings. The molecule has 0 aliphatic carbocycles. The number of nitrogens with zero attached hydrogens (tertiary/aromatic N) is 3. The third-order valence-corrected chi connectivity index (χ3v) is 6.44. The van der Waals surface area contributed by atoms with Crippen LogP contribution in [0.1, 0.15) is 45.5 Å². The van der Waals surface area contributed by atoms with Crippen LogP contribution in [-0.4, -0.2) is 35.5 Å². The van der Waals surface area contributed by atoms with E-state index in [1.165, 1.54) is 18.4 Å². The monoisotopic (exact) mass is 373 g/mol. The molecule has 1 atom stereocenters. The SMILES string of the molecule is Cc1nn([C@H]2CCS(=O)(=O)C2)c(C)c1/C=C(\C#N)C(=O)c1ccoc1C. The Hall–Kier alpha value is -2.66. The van der Waals surface area contributed by atoms with E-state index in [0.717, 1.165) is 5.69 Å². The minimum absolute atomic E-state index is 0.0145. The third-order valence-electron chi connectivity index (χ3n) is 4.69. The fraction of sp³-hybridized carbons (Fsp3) is 0.389. The highest BCUT2D eigenvalue weighted by atomic mass is 32.2. The molecule has 3 rings (SSSR count). The second-order valence-corrected chi connectivity index (χ2v) is 8.70. The number of allylic oxidation sites excluding steroid dienone is 1. The van der Waals surface area contributed by atoms with Gasteiger partial charge in [-0.2, -0.15) is 10.4 Å². The number of rotatable bonds is 4. The minimum Gasteiger partial charge on any atom is -0.469 e. The summed E-state index contributed by atoms with van der Waals surface area (Å²) >= 11 is 0. The van der Waals surface area contributed by atoms with Gasteiger partial charge in [-0.1, -0.05) is 0 Å². The second-order valence-electron chi connectivity index (χ2n) is 6.48. The van der Waals surface area contributed by atoms with Crippen LogP contribution in [0.5, 0.6) is 0 Å². The van der Waals surface area contributed by atoms with Crippen molar-refractivity contribution in [1.82, 2.24) is 9.78 Å². The number of aryl methyl sites for hydroxylation is 2. The van der Waals surface area contributed by atoms with Crippen LogP contribution in [-0.2, 0) is 9.84 Å². The van der Waals surface area contributed by atoms with Crippen molar-refractivity contribution in [2.75, 3.05) is 11.5 Å². The lowest BCUT2D eigenvalue weighted by atomic mass is 10.0. The van der Waals surface area contributed by atoms with Crippen molar-refractivity contribution in [2.45, 2.75) is 33.2 Å². The molecule has 0 spiro atoms. The van der Waals surface area contributed by atoms with Crippen LogP contribution in [0.25, 0.3) is 6.08 Å². The summed E-state index contributed by atoms with van der Waals surface area (Å²) in [5.74, 6) is 0.268. The second kappa shape index (κ2) is 6.57. The highest BCUT2D eigenvalue weighted by Gasteiger charge is 2.31.